The topological polar surface area (TPSA) is 53.1 Å². The number of benzene rings is 1. The first-order valence-corrected chi connectivity index (χ1v) is 8.08. The van der Waals surface area contributed by atoms with Crippen molar-refractivity contribution in [1.29, 1.82) is 0 Å². The number of aromatic nitrogens is 2. The predicted molar refractivity (Wildman–Crippen MR) is 98.8 cm³/mol. The van der Waals surface area contributed by atoms with Gasteiger partial charge in [0.1, 0.15) is 5.82 Å². The molecule has 2 aromatic rings. The van der Waals surface area contributed by atoms with Gasteiger partial charge >= 0.3 is 0 Å². The maximum absolute atomic E-state index is 4.54. The quantitative estimate of drug-likeness (QED) is 0.807. The van der Waals surface area contributed by atoms with Gasteiger partial charge in [-0.1, -0.05) is 13.8 Å². The van der Waals surface area contributed by atoms with Crippen LogP contribution in [0.2, 0.25) is 0 Å². The summed E-state index contributed by atoms with van der Waals surface area (Å²) in [6, 6.07) is 10.2. The molecule has 0 saturated heterocycles. The Morgan fingerprint density at radius 1 is 1.09 bits per heavy atom. The van der Waals surface area contributed by atoms with Gasteiger partial charge in [-0.05, 0) is 43.5 Å². The molecule has 1 heterocycles. The van der Waals surface area contributed by atoms with Crippen molar-refractivity contribution in [2.24, 2.45) is 5.92 Å². The van der Waals surface area contributed by atoms with Crippen molar-refractivity contribution in [3.05, 3.63) is 36.0 Å². The van der Waals surface area contributed by atoms with Gasteiger partial charge in [0, 0.05) is 43.8 Å². The number of hydrogen-bond acceptors (Lipinski definition) is 5. The van der Waals surface area contributed by atoms with Crippen molar-refractivity contribution in [3.8, 4) is 0 Å². The summed E-state index contributed by atoms with van der Waals surface area (Å²) >= 11 is 0. The molecule has 5 nitrogen and oxygen atoms in total. The average Bonchev–Trinajstić information content (AvgIpc) is 2.46. The van der Waals surface area contributed by atoms with Crippen LogP contribution >= 0.6 is 0 Å². The van der Waals surface area contributed by atoms with Gasteiger partial charge in [0.25, 0.3) is 0 Å². The Morgan fingerprint density at radius 2 is 1.78 bits per heavy atom. The van der Waals surface area contributed by atoms with Crippen LogP contribution < -0.4 is 15.5 Å². The summed E-state index contributed by atoms with van der Waals surface area (Å²) in [5.74, 6) is 2.17. The van der Waals surface area contributed by atoms with Crippen LogP contribution in [0.15, 0.2) is 30.3 Å². The number of rotatable bonds is 7. The first-order chi connectivity index (χ1) is 10.9. The highest BCUT2D eigenvalue weighted by Gasteiger charge is 2.04. The third-order valence-electron chi connectivity index (χ3n) is 3.52. The molecule has 0 amide bonds. The van der Waals surface area contributed by atoms with Crippen LogP contribution in [0.1, 0.15) is 26.0 Å². The average molecular weight is 313 g/mol. The predicted octanol–water partition coefficient (Wildman–Crippen LogP) is 4.05. The van der Waals surface area contributed by atoms with Crippen LogP contribution in [-0.4, -0.2) is 30.6 Å². The lowest BCUT2D eigenvalue weighted by atomic mass is 10.1. The molecule has 0 radical (unpaired) electrons. The Morgan fingerprint density at radius 3 is 2.39 bits per heavy atom. The summed E-state index contributed by atoms with van der Waals surface area (Å²) < 4.78 is 0. The number of hydrogen-bond donors (Lipinski definition) is 2. The molecule has 2 rings (SSSR count). The summed E-state index contributed by atoms with van der Waals surface area (Å²) in [7, 11) is 4.06. The van der Waals surface area contributed by atoms with E-state index in [9.17, 15) is 0 Å². The largest absolute Gasteiger partial charge is 0.378 e. The van der Waals surface area contributed by atoms with E-state index in [4.69, 9.17) is 0 Å². The highest BCUT2D eigenvalue weighted by molar-refractivity contribution is 5.59. The maximum Gasteiger partial charge on any atom is 0.229 e. The molecule has 0 spiro atoms. The molecule has 5 heteroatoms. The van der Waals surface area contributed by atoms with Crippen LogP contribution in [0.4, 0.5) is 23.1 Å². The van der Waals surface area contributed by atoms with Gasteiger partial charge in [-0.25, -0.2) is 4.98 Å². The summed E-state index contributed by atoms with van der Waals surface area (Å²) in [5, 5.41) is 6.64. The normalized spacial score (nSPS) is 10.7. The molecule has 23 heavy (non-hydrogen) atoms. The fourth-order valence-electron chi connectivity index (χ4n) is 2.18. The Kier molecular flexibility index (Phi) is 5.79. The van der Waals surface area contributed by atoms with E-state index in [-0.39, 0.29) is 0 Å². The highest BCUT2D eigenvalue weighted by Crippen LogP contribution is 2.19. The van der Waals surface area contributed by atoms with E-state index in [1.54, 1.807) is 0 Å². The molecule has 0 fully saturated rings. The van der Waals surface area contributed by atoms with E-state index in [0.717, 1.165) is 35.9 Å². The zero-order valence-corrected chi connectivity index (χ0v) is 14.7. The number of nitrogens with zero attached hydrogens (tertiary/aromatic N) is 3. The van der Waals surface area contributed by atoms with E-state index in [2.05, 4.69) is 51.5 Å². The van der Waals surface area contributed by atoms with Gasteiger partial charge in [-0.2, -0.15) is 4.98 Å². The molecular formula is C18H27N5. The standard InChI is InChI=1S/C18H27N5/c1-13(2)10-11-19-17-12-14(3)20-18(22-17)21-15-6-8-16(9-7-15)23(4)5/h6-9,12-13H,10-11H2,1-5H3,(H2,19,20,21,22). The third kappa shape index (κ3) is 5.43. The monoisotopic (exact) mass is 313 g/mol. The fraction of sp³-hybridized carbons (Fsp3) is 0.444. The number of anilines is 4. The fourth-order valence-corrected chi connectivity index (χ4v) is 2.18. The van der Waals surface area contributed by atoms with Crippen molar-refractivity contribution in [2.45, 2.75) is 27.2 Å². The van der Waals surface area contributed by atoms with Crippen molar-refractivity contribution in [2.75, 3.05) is 36.2 Å². The summed E-state index contributed by atoms with van der Waals surface area (Å²) in [6.07, 6.45) is 1.12. The minimum atomic E-state index is 0.620. The maximum atomic E-state index is 4.54. The smallest absolute Gasteiger partial charge is 0.229 e. The second-order valence-corrected chi connectivity index (χ2v) is 6.39. The summed E-state index contributed by atoms with van der Waals surface area (Å²) in [4.78, 5) is 11.1. The lowest BCUT2D eigenvalue weighted by Crippen LogP contribution is -2.09. The minimum Gasteiger partial charge on any atom is -0.378 e. The van der Waals surface area contributed by atoms with Gasteiger partial charge < -0.3 is 15.5 Å². The Balaban J connectivity index is 2.05. The Hall–Kier alpha value is -2.30. The van der Waals surface area contributed by atoms with Gasteiger partial charge in [0.2, 0.25) is 5.95 Å². The first kappa shape index (κ1) is 17.1. The lowest BCUT2D eigenvalue weighted by Gasteiger charge is -2.14. The molecule has 0 aliphatic rings. The SMILES string of the molecule is Cc1cc(NCCC(C)C)nc(Nc2ccc(N(C)C)cc2)n1. The minimum absolute atomic E-state index is 0.620. The molecule has 0 bridgehead atoms. The van der Waals surface area contributed by atoms with Gasteiger partial charge in [0.15, 0.2) is 0 Å². The van der Waals surface area contributed by atoms with Crippen molar-refractivity contribution in [3.63, 3.8) is 0 Å². The number of aryl methyl sites for hydroxylation is 1. The first-order valence-electron chi connectivity index (χ1n) is 8.08. The van der Waals surface area contributed by atoms with E-state index in [0.29, 0.717) is 11.9 Å². The van der Waals surface area contributed by atoms with E-state index < -0.39 is 0 Å². The molecule has 0 saturated carbocycles. The zero-order valence-electron chi connectivity index (χ0n) is 14.7. The Labute approximate surface area is 139 Å². The molecule has 1 aromatic heterocycles. The van der Waals surface area contributed by atoms with Gasteiger partial charge in [-0.15, -0.1) is 0 Å². The zero-order chi connectivity index (χ0) is 16.8. The molecule has 0 atom stereocenters. The number of nitrogens with one attached hydrogen (secondary N) is 2. The van der Waals surface area contributed by atoms with E-state index in [1.807, 2.05) is 39.2 Å². The van der Waals surface area contributed by atoms with Crippen molar-refractivity contribution < 1.29 is 0 Å². The molecule has 0 aliphatic carbocycles. The molecule has 0 aliphatic heterocycles. The second kappa shape index (κ2) is 7.81. The molecule has 2 N–H and O–H groups in total. The lowest BCUT2D eigenvalue weighted by molar-refractivity contribution is 0.606. The van der Waals surface area contributed by atoms with Crippen LogP contribution in [0.25, 0.3) is 0 Å². The molecule has 124 valence electrons. The van der Waals surface area contributed by atoms with E-state index >= 15 is 0 Å². The molecule has 0 unspecified atom stereocenters. The van der Waals surface area contributed by atoms with Crippen LogP contribution in [0, 0.1) is 12.8 Å². The van der Waals surface area contributed by atoms with Gasteiger partial charge in [-0.3, -0.25) is 0 Å². The summed E-state index contributed by atoms with van der Waals surface area (Å²) in [5.41, 5.74) is 3.09. The van der Waals surface area contributed by atoms with Crippen LogP contribution in [0.3, 0.4) is 0 Å². The van der Waals surface area contributed by atoms with Crippen molar-refractivity contribution in [1.82, 2.24) is 9.97 Å². The molecular weight excluding hydrogens is 286 g/mol. The molecule has 1 aromatic carbocycles. The Bertz CT molecular complexity index is 620. The third-order valence-corrected chi connectivity index (χ3v) is 3.52. The summed E-state index contributed by atoms with van der Waals surface area (Å²) in [6.45, 7) is 7.34. The van der Waals surface area contributed by atoms with Crippen molar-refractivity contribution >= 4 is 23.1 Å². The van der Waals surface area contributed by atoms with Gasteiger partial charge in [0.05, 0.1) is 0 Å². The van der Waals surface area contributed by atoms with Crippen LogP contribution in [0.5, 0.6) is 0 Å². The van der Waals surface area contributed by atoms with E-state index in [1.165, 1.54) is 0 Å². The highest BCUT2D eigenvalue weighted by atomic mass is 15.1. The van der Waals surface area contributed by atoms with Crippen LogP contribution in [-0.2, 0) is 0 Å². The second-order valence-electron chi connectivity index (χ2n) is 6.39.